The molecule has 0 atom stereocenters. The molecule has 27 heavy (non-hydrogen) atoms. The number of halogens is 5. The van der Waals surface area contributed by atoms with Crippen molar-refractivity contribution in [1.82, 2.24) is 5.16 Å². The number of rotatable bonds is 3. The molecule has 0 saturated carbocycles. The van der Waals surface area contributed by atoms with E-state index in [1.807, 2.05) is 0 Å². The molecule has 0 unspecified atom stereocenters. The van der Waals surface area contributed by atoms with E-state index in [9.17, 15) is 26.7 Å². The second kappa shape index (κ2) is 6.82. The third kappa shape index (κ3) is 3.67. The van der Waals surface area contributed by atoms with Crippen molar-refractivity contribution < 1.29 is 31.3 Å². The fraction of sp³-hybridized carbons (Fsp3) is 0.111. The Kier molecular flexibility index (Phi) is 4.69. The number of hydrogen-bond donors (Lipinski definition) is 1. The van der Waals surface area contributed by atoms with Gasteiger partial charge in [-0.1, -0.05) is 35.5 Å². The van der Waals surface area contributed by atoms with Crippen LogP contribution >= 0.6 is 0 Å². The first-order valence-electron chi connectivity index (χ1n) is 7.57. The maximum atomic E-state index is 14.0. The van der Waals surface area contributed by atoms with Crippen LogP contribution in [0.2, 0.25) is 0 Å². The summed E-state index contributed by atoms with van der Waals surface area (Å²) in [4.78, 5) is 12.3. The molecular formula is C18H11F5N2O2. The van der Waals surface area contributed by atoms with E-state index in [4.69, 9.17) is 4.52 Å². The summed E-state index contributed by atoms with van der Waals surface area (Å²) >= 11 is 0. The minimum Gasteiger partial charge on any atom is -0.354 e. The van der Waals surface area contributed by atoms with E-state index in [0.717, 1.165) is 0 Å². The van der Waals surface area contributed by atoms with Gasteiger partial charge in [0, 0.05) is 5.56 Å². The molecule has 0 radical (unpaired) electrons. The van der Waals surface area contributed by atoms with Crippen LogP contribution in [0.4, 0.5) is 27.6 Å². The number of carbonyl (C=O) groups excluding carboxylic acids is 1. The van der Waals surface area contributed by atoms with Crippen molar-refractivity contribution in [2.24, 2.45) is 0 Å². The summed E-state index contributed by atoms with van der Waals surface area (Å²) in [5.74, 6) is -4.37. The summed E-state index contributed by atoms with van der Waals surface area (Å²) in [5.41, 5.74) is -1.83. The Hall–Kier alpha value is -3.23. The largest absolute Gasteiger partial charge is 0.416 e. The highest BCUT2D eigenvalue weighted by Crippen LogP contribution is 2.33. The Balaban J connectivity index is 1.97. The van der Waals surface area contributed by atoms with Crippen molar-refractivity contribution in [3.8, 4) is 11.3 Å². The molecule has 1 amide bonds. The smallest absolute Gasteiger partial charge is 0.354 e. The molecule has 9 heteroatoms. The molecule has 1 N–H and O–H groups in total. The quantitative estimate of drug-likeness (QED) is 0.634. The summed E-state index contributed by atoms with van der Waals surface area (Å²) in [6.07, 6.45) is -4.94. The lowest BCUT2D eigenvalue weighted by molar-refractivity contribution is -0.138. The van der Waals surface area contributed by atoms with Gasteiger partial charge in [0.1, 0.15) is 28.6 Å². The Morgan fingerprint density at radius 1 is 1.07 bits per heavy atom. The number of nitrogens with one attached hydrogen (secondary N) is 1. The molecule has 1 aromatic heterocycles. The Bertz CT molecular complexity index is 974. The second-order valence-electron chi connectivity index (χ2n) is 5.60. The number of benzene rings is 2. The van der Waals surface area contributed by atoms with Gasteiger partial charge in [-0.15, -0.1) is 0 Å². The van der Waals surface area contributed by atoms with Gasteiger partial charge in [0.25, 0.3) is 5.91 Å². The van der Waals surface area contributed by atoms with Crippen LogP contribution in [0.1, 0.15) is 21.6 Å². The van der Waals surface area contributed by atoms with Crippen LogP contribution in [0.25, 0.3) is 11.3 Å². The Morgan fingerprint density at radius 3 is 2.22 bits per heavy atom. The molecule has 0 fully saturated rings. The Labute approximate surface area is 149 Å². The number of aryl methyl sites for hydroxylation is 1. The molecule has 3 rings (SSSR count). The summed E-state index contributed by atoms with van der Waals surface area (Å²) in [6.45, 7) is 1.49. The molecule has 1 heterocycles. The first-order chi connectivity index (χ1) is 12.7. The SMILES string of the molecule is Cc1noc(-c2ccccc2)c1NC(=O)c1c(F)cc(C(F)(F)F)cc1F. The lowest BCUT2D eigenvalue weighted by Gasteiger charge is -2.11. The molecular weight excluding hydrogens is 371 g/mol. The first kappa shape index (κ1) is 18.6. The van der Waals surface area contributed by atoms with Crippen molar-refractivity contribution >= 4 is 11.6 Å². The normalized spacial score (nSPS) is 11.5. The topological polar surface area (TPSA) is 55.1 Å². The standard InChI is InChI=1S/C18H11F5N2O2/c1-9-15(16(27-25-9)10-5-3-2-4-6-10)24-17(26)14-12(19)7-11(8-13(14)20)18(21,22)23/h2-8H,1H3,(H,24,26). The van der Waals surface area contributed by atoms with Crippen molar-refractivity contribution in [3.63, 3.8) is 0 Å². The highest BCUT2D eigenvalue weighted by atomic mass is 19.4. The molecule has 3 aromatic rings. The highest BCUT2D eigenvalue weighted by molar-refractivity contribution is 6.06. The summed E-state index contributed by atoms with van der Waals surface area (Å²) in [6, 6.07) is 8.61. The monoisotopic (exact) mass is 382 g/mol. The molecule has 140 valence electrons. The number of anilines is 1. The van der Waals surface area contributed by atoms with Crippen molar-refractivity contribution in [2.75, 3.05) is 5.32 Å². The van der Waals surface area contributed by atoms with Gasteiger partial charge < -0.3 is 9.84 Å². The average Bonchev–Trinajstić information content (AvgIpc) is 2.95. The van der Waals surface area contributed by atoms with Gasteiger partial charge in [-0.2, -0.15) is 13.2 Å². The van der Waals surface area contributed by atoms with Crippen LogP contribution in [0.15, 0.2) is 47.0 Å². The van der Waals surface area contributed by atoms with Crippen LogP contribution in [-0.2, 0) is 6.18 Å². The highest BCUT2D eigenvalue weighted by Gasteiger charge is 2.34. The maximum absolute atomic E-state index is 14.0. The molecule has 4 nitrogen and oxygen atoms in total. The first-order valence-corrected chi connectivity index (χ1v) is 7.57. The lowest BCUT2D eigenvalue weighted by atomic mass is 10.1. The van der Waals surface area contributed by atoms with E-state index in [0.29, 0.717) is 5.56 Å². The van der Waals surface area contributed by atoms with Gasteiger partial charge in [-0.25, -0.2) is 8.78 Å². The molecule has 0 saturated heterocycles. The number of nitrogens with zero attached hydrogens (tertiary/aromatic N) is 1. The minimum absolute atomic E-state index is 0.0601. The van der Waals surface area contributed by atoms with Crippen molar-refractivity contribution in [3.05, 3.63) is 70.9 Å². The molecule has 2 aromatic carbocycles. The maximum Gasteiger partial charge on any atom is 0.416 e. The predicted molar refractivity (Wildman–Crippen MR) is 86.0 cm³/mol. The second-order valence-corrected chi connectivity index (χ2v) is 5.60. The van der Waals surface area contributed by atoms with Crippen molar-refractivity contribution in [1.29, 1.82) is 0 Å². The number of hydrogen-bond acceptors (Lipinski definition) is 3. The summed E-state index contributed by atoms with van der Waals surface area (Å²) in [7, 11) is 0. The summed E-state index contributed by atoms with van der Waals surface area (Å²) < 4.78 is 71.0. The van der Waals surface area contributed by atoms with E-state index < -0.39 is 34.8 Å². The zero-order valence-corrected chi connectivity index (χ0v) is 13.7. The molecule has 0 aliphatic rings. The van der Waals surface area contributed by atoms with E-state index in [1.165, 1.54) is 6.92 Å². The minimum atomic E-state index is -4.94. The van der Waals surface area contributed by atoms with Crippen LogP contribution in [-0.4, -0.2) is 11.1 Å². The van der Waals surface area contributed by atoms with E-state index in [-0.39, 0.29) is 29.3 Å². The van der Waals surface area contributed by atoms with E-state index >= 15 is 0 Å². The van der Waals surface area contributed by atoms with Gasteiger partial charge in [-0.3, -0.25) is 4.79 Å². The van der Waals surface area contributed by atoms with Crippen LogP contribution in [0.5, 0.6) is 0 Å². The lowest BCUT2D eigenvalue weighted by Crippen LogP contribution is -2.18. The van der Waals surface area contributed by atoms with Gasteiger partial charge in [0.15, 0.2) is 5.76 Å². The number of alkyl halides is 3. The van der Waals surface area contributed by atoms with E-state index in [1.54, 1.807) is 30.3 Å². The molecule has 0 spiro atoms. The van der Waals surface area contributed by atoms with Crippen LogP contribution in [0, 0.1) is 18.6 Å². The number of carbonyl (C=O) groups is 1. The van der Waals surface area contributed by atoms with Gasteiger partial charge in [0.05, 0.1) is 5.56 Å². The van der Waals surface area contributed by atoms with Crippen molar-refractivity contribution in [2.45, 2.75) is 13.1 Å². The molecule has 0 aliphatic carbocycles. The zero-order valence-electron chi connectivity index (χ0n) is 13.7. The average molecular weight is 382 g/mol. The summed E-state index contributed by atoms with van der Waals surface area (Å²) in [5, 5.41) is 5.96. The fourth-order valence-corrected chi connectivity index (χ4v) is 2.43. The third-order valence-electron chi connectivity index (χ3n) is 3.73. The Morgan fingerprint density at radius 2 is 1.67 bits per heavy atom. The molecule has 0 bridgehead atoms. The van der Waals surface area contributed by atoms with Crippen LogP contribution < -0.4 is 5.32 Å². The predicted octanol–water partition coefficient (Wildman–Crippen LogP) is 5.20. The number of aromatic nitrogens is 1. The molecule has 0 aliphatic heterocycles. The van der Waals surface area contributed by atoms with Gasteiger partial charge in [-0.05, 0) is 19.1 Å². The van der Waals surface area contributed by atoms with Gasteiger partial charge in [0.2, 0.25) is 0 Å². The van der Waals surface area contributed by atoms with Crippen LogP contribution in [0.3, 0.4) is 0 Å². The fourth-order valence-electron chi connectivity index (χ4n) is 2.43. The number of amides is 1. The zero-order chi connectivity index (χ0) is 19.8. The van der Waals surface area contributed by atoms with Gasteiger partial charge >= 0.3 is 6.18 Å². The van der Waals surface area contributed by atoms with E-state index in [2.05, 4.69) is 10.5 Å². The third-order valence-corrected chi connectivity index (χ3v) is 3.73.